The van der Waals surface area contributed by atoms with Crippen molar-refractivity contribution in [3.8, 4) is 0 Å². The number of halogens is 1. The van der Waals surface area contributed by atoms with E-state index in [0.29, 0.717) is 6.54 Å². The Labute approximate surface area is 132 Å². The van der Waals surface area contributed by atoms with Crippen LogP contribution in [0.2, 0.25) is 0 Å². The highest BCUT2D eigenvalue weighted by molar-refractivity contribution is 9.10. The van der Waals surface area contributed by atoms with Crippen molar-refractivity contribution in [3.63, 3.8) is 0 Å². The molecule has 0 aliphatic rings. The summed E-state index contributed by atoms with van der Waals surface area (Å²) in [6, 6.07) is 9.55. The van der Waals surface area contributed by atoms with Crippen LogP contribution in [0, 0.1) is 6.92 Å². The summed E-state index contributed by atoms with van der Waals surface area (Å²) in [7, 11) is 0. The molecule has 0 aliphatic heterocycles. The molecule has 112 valence electrons. The lowest BCUT2D eigenvalue weighted by Crippen LogP contribution is -2.30. The molecule has 0 atom stereocenters. The lowest BCUT2D eigenvalue weighted by Gasteiger charge is -2.23. The Morgan fingerprint density at radius 2 is 2.05 bits per heavy atom. The molecule has 0 saturated carbocycles. The molecule has 1 aromatic heterocycles. The summed E-state index contributed by atoms with van der Waals surface area (Å²) in [6.07, 6.45) is 0. The molecular formula is C15H18BrN3O2. The highest BCUT2D eigenvalue weighted by Gasteiger charge is 2.18. The average Bonchev–Trinajstić information content (AvgIpc) is 2.74. The first-order valence-electron chi connectivity index (χ1n) is 6.76. The number of aliphatic carboxylic acids is 1. The number of benzene rings is 1. The van der Waals surface area contributed by atoms with Crippen LogP contribution in [0.3, 0.4) is 0 Å². The molecule has 0 amide bonds. The number of hydrogen-bond donors (Lipinski definition) is 1. The second-order valence-electron chi connectivity index (χ2n) is 4.75. The van der Waals surface area contributed by atoms with Gasteiger partial charge in [0, 0.05) is 12.2 Å². The van der Waals surface area contributed by atoms with Crippen molar-refractivity contribution in [1.82, 2.24) is 9.78 Å². The number of carbonyl (C=O) groups is 1. The Balaban J connectivity index is 2.33. The molecule has 1 N–H and O–H groups in total. The molecule has 0 saturated heterocycles. The first kappa shape index (κ1) is 15.6. The minimum atomic E-state index is -0.853. The molecule has 2 aromatic rings. The number of carboxylic acids is 1. The van der Waals surface area contributed by atoms with Crippen molar-refractivity contribution < 1.29 is 9.90 Å². The van der Waals surface area contributed by atoms with Gasteiger partial charge in [0.2, 0.25) is 0 Å². The molecule has 0 fully saturated rings. The maximum Gasteiger partial charge on any atom is 0.323 e. The second kappa shape index (κ2) is 6.76. The van der Waals surface area contributed by atoms with Crippen LogP contribution in [-0.2, 0) is 17.9 Å². The summed E-state index contributed by atoms with van der Waals surface area (Å²) in [4.78, 5) is 13.0. The molecule has 0 spiro atoms. The molecule has 0 radical (unpaired) electrons. The zero-order valence-electron chi connectivity index (χ0n) is 12.1. The Hall–Kier alpha value is -1.82. The van der Waals surface area contributed by atoms with E-state index in [1.807, 2.05) is 53.8 Å². The standard InChI is InChI=1S/C15H18BrN3O2/c1-3-19-13(15(16)11(2)17-19)9-18(10-14(20)21)12-7-5-4-6-8-12/h4-8H,3,9-10H2,1-2H3,(H,20,21). The van der Waals surface area contributed by atoms with Crippen LogP contribution in [0.15, 0.2) is 34.8 Å². The fourth-order valence-electron chi connectivity index (χ4n) is 2.24. The normalized spacial score (nSPS) is 10.6. The van der Waals surface area contributed by atoms with Gasteiger partial charge in [-0.25, -0.2) is 0 Å². The van der Waals surface area contributed by atoms with E-state index < -0.39 is 5.97 Å². The van der Waals surface area contributed by atoms with Crippen LogP contribution < -0.4 is 4.90 Å². The van der Waals surface area contributed by atoms with Crippen LogP contribution >= 0.6 is 15.9 Å². The number of hydrogen-bond acceptors (Lipinski definition) is 3. The van der Waals surface area contributed by atoms with Gasteiger partial charge < -0.3 is 10.0 Å². The van der Waals surface area contributed by atoms with Gasteiger partial charge >= 0.3 is 5.97 Å². The molecule has 5 nitrogen and oxygen atoms in total. The molecule has 0 unspecified atom stereocenters. The minimum Gasteiger partial charge on any atom is -0.480 e. The third-order valence-electron chi connectivity index (χ3n) is 3.24. The van der Waals surface area contributed by atoms with Crippen molar-refractivity contribution in [1.29, 1.82) is 0 Å². The van der Waals surface area contributed by atoms with Crippen molar-refractivity contribution >= 4 is 27.6 Å². The summed E-state index contributed by atoms with van der Waals surface area (Å²) < 4.78 is 2.84. The van der Waals surface area contributed by atoms with E-state index >= 15 is 0 Å². The second-order valence-corrected chi connectivity index (χ2v) is 5.54. The number of carboxylic acid groups (broad SMARTS) is 1. The maximum atomic E-state index is 11.1. The van der Waals surface area contributed by atoms with Gasteiger partial charge in [-0.2, -0.15) is 5.10 Å². The van der Waals surface area contributed by atoms with Gasteiger partial charge in [-0.3, -0.25) is 9.48 Å². The van der Waals surface area contributed by atoms with Crippen molar-refractivity contribution in [2.24, 2.45) is 0 Å². The van der Waals surface area contributed by atoms with Gasteiger partial charge in [-0.15, -0.1) is 0 Å². The van der Waals surface area contributed by atoms with E-state index in [1.54, 1.807) is 0 Å². The van der Waals surface area contributed by atoms with Crippen LogP contribution in [0.4, 0.5) is 5.69 Å². The largest absolute Gasteiger partial charge is 0.480 e. The average molecular weight is 352 g/mol. The Bertz CT molecular complexity index is 625. The Morgan fingerprint density at radius 1 is 1.38 bits per heavy atom. The number of aromatic nitrogens is 2. The highest BCUT2D eigenvalue weighted by Crippen LogP contribution is 2.24. The highest BCUT2D eigenvalue weighted by atomic mass is 79.9. The monoisotopic (exact) mass is 351 g/mol. The summed E-state index contributed by atoms with van der Waals surface area (Å²) in [6.45, 7) is 5.14. The van der Waals surface area contributed by atoms with Gasteiger partial charge in [0.15, 0.2) is 0 Å². The van der Waals surface area contributed by atoms with Crippen molar-refractivity contribution in [3.05, 3.63) is 46.2 Å². The topological polar surface area (TPSA) is 58.4 Å². The van der Waals surface area contributed by atoms with Gasteiger partial charge in [0.05, 0.1) is 22.4 Å². The van der Waals surface area contributed by atoms with Gasteiger partial charge in [-0.1, -0.05) is 18.2 Å². The molecule has 1 aromatic carbocycles. The molecule has 6 heteroatoms. The quantitative estimate of drug-likeness (QED) is 0.868. The molecule has 1 heterocycles. The SMILES string of the molecule is CCn1nc(C)c(Br)c1CN(CC(=O)O)c1ccccc1. The summed E-state index contributed by atoms with van der Waals surface area (Å²) >= 11 is 3.55. The number of anilines is 1. The van der Waals surface area contributed by atoms with Crippen LogP contribution in [-0.4, -0.2) is 27.4 Å². The molecule has 21 heavy (non-hydrogen) atoms. The zero-order chi connectivity index (χ0) is 15.4. The third-order valence-corrected chi connectivity index (χ3v) is 4.27. The first-order chi connectivity index (χ1) is 10.0. The van der Waals surface area contributed by atoms with Gasteiger partial charge in [0.1, 0.15) is 6.54 Å². The summed E-state index contributed by atoms with van der Waals surface area (Å²) in [5.41, 5.74) is 2.78. The fourth-order valence-corrected chi connectivity index (χ4v) is 2.65. The summed E-state index contributed by atoms with van der Waals surface area (Å²) in [5, 5.41) is 13.6. The number of nitrogens with zero attached hydrogens (tertiary/aromatic N) is 3. The van der Waals surface area contributed by atoms with Crippen molar-refractivity contribution in [2.75, 3.05) is 11.4 Å². The van der Waals surface area contributed by atoms with Gasteiger partial charge in [0.25, 0.3) is 0 Å². The third kappa shape index (κ3) is 3.64. The van der Waals surface area contributed by atoms with Crippen LogP contribution in [0.5, 0.6) is 0 Å². The van der Waals surface area contributed by atoms with E-state index in [-0.39, 0.29) is 6.54 Å². The smallest absolute Gasteiger partial charge is 0.323 e. The maximum absolute atomic E-state index is 11.1. The molecule has 2 rings (SSSR count). The molecular weight excluding hydrogens is 334 g/mol. The molecule has 0 aliphatic carbocycles. The lowest BCUT2D eigenvalue weighted by atomic mass is 10.2. The number of rotatable bonds is 6. The van der Waals surface area contributed by atoms with Crippen LogP contribution in [0.25, 0.3) is 0 Å². The van der Waals surface area contributed by atoms with Gasteiger partial charge in [-0.05, 0) is 41.9 Å². The van der Waals surface area contributed by atoms with E-state index in [2.05, 4.69) is 21.0 Å². The first-order valence-corrected chi connectivity index (χ1v) is 7.55. The lowest BCUT2D eigenvalue weighted by molar-refractivity contribution is -0.135. The van der Waals surface area contributed by atoms with E-state index in [9.17, 15) is 4.79 Å². The number of aryl methyl sites for hydroxylation is 2. The van der Waals surface area contributed by atoms with Crippen LogP contribution in [0.1, 0.15) is 18.3 Å². The Kier molecular flexibility index (Phi) is 5.01. The fraction of sp³-hybridized carbons (Fsp3) is 0.333. The minimum absolute atomic E-state index is 0.0512. The number of para-hydroxylation sites is 1. The Morgan fingerprint density at radius 3 is 2.62 bits per heavy atom. The zero-order valence-corrected chi connectivity index (χ0v) is 13.7. The summed E-state index contributed by atoms with van der Waals surface area (Å²) in [5.74, 6) is -0.853. The molecule has 0 bridgehead atoms. The van der Waals surface area contributed by atoms with Crippen molar-refractivity contribution in [2.45, 2.75) is 26.9 Å². The predicted octanol–water partition coefficient (Wildman–Crippen LogP) is 3.07. The van der Waals surface area contributed by atoms with E-state index in [0.717, 1.165) is 28.1 Å². The van der Waals surface area contributed by atoms with E-state index in [1.165, 1.54) is 0 Å². The van der Waals surface area contributed by atoms with E-state index in [4.69, 9.17) is 5.11 Å². The predicted molar refractivity (Wildman–Crippen MR) is 85.5 cm³/mol.